The molecule has 0 spiro atoms. The molecule has 20 heavy (non-hydrogen) atoms. The highest BCUT2D eigenvalue weighted by atomic mass is 32.2. The maximum absolute atomic E-state index is 11.9. The Hall–Kier alpha value is -1.77. The highest BCUT2D eigenvalue weighted by molar-refractivity contribution is 7.99. The zero-order chi connectivity index (χ0) is 15.1. The second-order valence-corrected chi connectivity index (χ2v) is 4.93. The molecule has 0 unspecified atom stereocenters. The number of aliphatic carboxylic acids is 1. The van der Waals surface area contributed by atoms with Crippen LogP contribution in [0.1, 0.15) is 20.3 Å². The molecule has 0 bridgehead atoms. The molecule has 0 atom stereocenters. The lowest BCUT2D eigenvalue weighted by Crippen LogP contribution is -2.31. The minimum absolute atomic E-state index is 0.0253. The number of nitrogens with zero attached hydrogens (tertiary/aromatic N) is 4. The van der Waals surface area contributed by atoms with Crippen molar-refractivity contribution in [3.8, 4) is 0 Å². The third-order valence-electron chi connectivity index (χ3n) is 2.74. The normalized spacial score (nSPS) is 10.5. The summed E-state index contributed by atoms with van der Waals surface area (Å²) in [6, 6.07) is 0. The second-order valence-electron chi connectivity index (χ2n) is 3.99. The quantitative estimate of drug-likeness (QED) is 0.663. The third-order valence-corrected chi connectivity index (χ3v) is 3.69. The van der Waals surface area contributed by atoms with Gasteiger partial charge >= 0.3 is 5.97 Å². The first kappa shape index (κ1) is 16.3. The Labute approximate surface area is 121 Å². The van der Waals surface area contributed by atoms with E-state index in [0.717, 1.165) is 11.8 Å². The van der Waals surface area contributed by atoms with Crippen molar-refractivity contribution in [3.05, 3.63) is 0 Å². The van der Waals surface area contributed by atoms with Gasteiger partial charge in [0.15, 0.2) is 5.16 Å². The van der Waals surface area contributed by atoms with E-state index in [1.165, 1.54) is 0 Å². The van der Waals surface area contributed by atoms with Gasteiger partial charge in [-0.15, -0.1) is 10.2 Å². The number of carboxylic acid groups (broad SMARTS) is 1. The van der Waals surface area contributed by atoms with Gasteiger partial charge in [-0.25, -0.2) is 0 Å². The van der Waals surface area contributed by atoms with E-state index in [1.54, 1.807) is 9.47 Å². The molecule has 0 aliphatic rings. The number of hydrogen-bond donors (Lipinski definition) is 2. The molecule has 0 fully saturated rings. The largest absolute Gasteiger partial charge is 0.481 e. The Morgan fingerprint density at radius 1 is 1.35 bits per heavy atom. The SMILES string of the molecule is CCN(CC)C(=O)CCn1c(N)nnc1SCC(=O)O. The number of anilines is 1. The molecule has 0 aliphatic heterocycles. The number of hydrogen-bond acceptors (Lipinski definition) is 6. The Kier molecular flexibility index (Phi) is 6.29. The van der Waals surface area contributed by atoms with E-state index >= 15 is 0 Å². The van der Waals surface area contributed by atoms with Crippen LogP contribution in [0.4, 0.5) is 5.95 Å². The van der Waals surface area contributed by atoms with E-state index in [0.29, 0.717) is 24.8 Å². The summed E-state index contributed by atoms with van der Waals surface area (Å²) in [7, 11) is 0. The van der Waals surface area contributed by atoms with Crippen molar-refractivity contribution in [1.29, 1.82) is 0 Å². The molecule has 0 radical (unpaired) electrons. The van der Waals surface area contributed by atoms with E-state index in [2.05, 4.69) is 10.2 Å². The van der Waals surface area contributed by atoms with Crippen LogP contribution in [0.2, 0.25) is 0 Å². The van der Waals surface area contributed by atoms with Crippen LogP contribution in [0.15, 0.2) is 5.16 Å². The Morgan fingerprint density at radius 3 is 2.55 bits per heavy atom. The van der Waals surface area contributed by atoms with Crippen LogP contribution in [0.3, 0.4) is 0 Å². The fraction of sp³-hybridized carbons (Fsp3) is 0.636. The average molecular weight is 301 g/mol. The van der Waals surface area contributed by atoms with Gasteiger partial charge in [0, 0.05) is 26.1 Å². The molecule has 0 aromatic carbocycles. The van der Waals surface area contributed by atoms with Crippen molar-refractivity contribution in [3.63, 3.8) is 0 Å². The summed E-state index contributed by atoms with van der Waals surface area (Å²) >= 11 is 1.03. The molecule has 0 aliphatic carbocycles. The van der Waals surface area contributed by atoms with Crippen LogP contribution >= 0.6 is 11.8 Å². The van der Waals surface area contributed by atoms with Crippen LogP contribution in [0, 0.1) is 0 Å². The van der Waals surface area contributed by atoms with Crippen LogP contribution in [-0.4, -0.2) is 55.5 Å². The van der Waals surface area contributed by atoms with Gasteiger partial charge in [-0.2, -0.15) is 0 Å². The molecule has 8 nitrogen and oxygen atoms in total. The number of amides is 1. The van der Waals surface area contributed by atoms with Crippen molar-refractivity contribution in [2.24, 2.45) is 0 Å². The summed E-state index contributed by atoms with van der Waals surface area (Å²) in [6.07, 6.45) is 0.282. The number of rotatable bonds is 8. The fourth-order valence-corrected chi connectivity index (χ4v) is 2.38. The third kappa shape index (κ3) is 4.41. The molecule has 112 valence electrons. The molecular formula is C11H19N5O3S. The molecule has 9 heteroatoms. The van der Waals surface area contributed by atoms with E-state index in [1.807, 2.05) is 13.8 Å². The minimum atomic E-state index is -0.942. The lowest BCUT2D eigenvalue weighted by molar-refractivity contribution is -0.134. The van der Waals surface area contributed by atoms with Gasteiger partial charge in [0.25, 0.3) is 0 Å². The van der Waals surface area contributed by atoms with E-state index in [4.69, 9.17) is 10.8 Å². The smallest absolute Gasteiger partial charge is 0.313 e. The Morgan fingerprint density at radius 2 is 2.00 bits per heavy atom. The predicted octanol–water partition coefficient (Wildman–Crippen LogP) is 0.296. The summed E-state index contributed by atoms with van der Waals surface area (Å²) < 4.78 is 1.56. The van der Waals surface area contributed by atoms with E-state index < -0.39 is 5.97 Å². The maximum atomic E-state index is 11.9. The molecule has 1 aromatic rings. The number of nitrogens with two attached hydrogens (primary N) is 1. The van der Waals surface area contributed by atoms with Crippen LogP contribution in [-0.2, 0) is 16.1 Å². The summed E-state index contributed by atoms with van der Waals surface area (Å²) in [6.45, 7) is 5.50. The lowest BCUT2D eigenvalue weighted by Gasteiger charge is -2.18. The molecule has 1 heterocycles. The van der Waals surface area contributed by atoms with Crippen LogP contribution in [0.5, 0.6) is 0 Å². The van der Waals surface area contributed by atoms with Gasteiger partial charge in [-0.1, -0.05) is 11.8 Å². The summed E-state index contributed by atoms with van der Waals surface area (Å²) in [5.41, 5.74) is 5.68. The molecule has 1 rings (SSSR count). The van der Waals surface area contributed by atoms with E-state index in [-0.39, 0.29) is 24.0 Å². The second kappa shape index (κ2) is 7.73. The zero-order valence-electron chi connectivity index (χ0n) is 11.6. The molecule has 1 aromatic heterocycles. The van der Waals surface area contributed by atoms with Gasteiger partial charge in [0.05, 0.1) is 5.75 Å². The van der Waals surface area contributed by atoms with Crippen molar-refractivity contribution in [1.82, 2.24) is 19.7 Å². The van der Waals surface area contributed by atoms with E-state index in [9.17, 15) is 9.59 Å². The highest BCUT2D eigenvalue weighted by Crippen LogP contribution is 2.18. The van der Waals surface area contributed by atoms with Gasteiger partial charge in [0.2, 0.25) is 11.9 Å². The van der Waals surface area contributed by atoms with Crippen LogP contribution < -0.4 is 5.73 Å². The Bertz CT molecular complexity index is 473. The number of nitrogen functional groups attached to an aromatic ring is 1. The first-order valence-electron chi connectivity index (χ1n) is 6.30. The monoisotopic (exact) mass is 301 g/mol. The number of aromatic nitrogens is 3. The van der Waals surface area contributed by atoms with Crippen molar-refractivity contribution in [2.75, 3.05) is 24.6 Å². The number of carbonyl (C=O) groups excluding carboxylic acids is 1. The van der Waals surface area contributed by atoms with Crippen molar-refractivity contribution in [2.45, 2.75) is 32.0 Å². The average Bonchev–Trinajstić information content (AvgIpc) is 2.76. The first-order valence-corrected chi connectivity index (χ1v) is 7.29. The number of carbonyl (C=O) groups is 2. The highest BCUT2D eigenvalue weighted by Gasteiger charge is 2.15. The first-order chi connectivity index (χ1) is 9.49. The topological polar surface area (TPSA) is 114 Å². The fourth-order valence-electron chi connectivity index (χ4n) is 1.69. The lowest BCUT2D eigenvalue weighted by atomic mass is 10.3. The van der Waals surface area contributed by atoms with Crippen LogP contribution in [0.25, 0.3) is 0 Å². The van der Waals surface area contributed by atoms with Crippen molar-refractivity contribution >= 4 is 29.6 Å². The zero-order valence-corrected chi connectivity index (χ0v) is 12.4. The molecule has 0 saturated heterocycles. The standard InChI is InChI=1S/C11H19N5O3S/c1-3-15(4-2)8(17)5-6-16-10(12)13-14-11(16)20-7-9(18)19/h3-7H2,1-2H3,(H2,12,13)(H,18,19). The molecule has 0 saturated carbocycles. The summed E-state index contributed by atoms with van der Waals surface area (Å²) in [5.74, 6) is -0.855. The summed E-state index contributed by atoms with van der Waals surface area (Å²) in [4.78, 5) is 24.2. The summed E-state index contributed by atoms with van der Waals surface area (Å²) in [5, 5.41) is 16.6. The van der Waals surface area contributed by atoms with Gasteiger partial charge < -0.3 is 15.7 Å². The molecule has 3 N–H and O–H groups in total. The molecule has 1 amide bonds. The maximum Gasteiger partial charge on any atom is 0.313 e. The minimum Gasteiger partial charge on any atom is -0.481 e. The van der Waals surface area contributed by atoms with Gasteiger partial charge in [-0.05, 0) is 13.8 Å². The predicted molar refractivity (Wildman–Crippen MR) is 75.3 cm³/mol. The number of thioether (sulfide) groups is 1. The number of carboxylic acids is 1. The molecular weight excluding hydrogens is 282 g/mol. The van der Waals surface area contributed by atoms with Gasteiger partial charge in [0.1, 0.15) is 0 Å². The van der Waals surface area contributed by atoms with Gasteiger partial charge in [-0.3, -0.25) is 14.2 Å². The van der Waals surface area contributed by atoms with Crippen molar-refractivity contribution < 1.29 is 14.7 Å². The Balaban J connectivity index is 2.65.